The van der Waals surface area contributed by atoms with Gasteiger partial charge in [-0.15, -0.1) is 0 Å². The number of aliphatic hydroxyl groups excluding tert-OH is 1. The fourth-order valence-corrected chi connectivity index (χ4v) is 1.75. The van der Waals surface area contributed by atoms with Crippen molar-refractivity contribution < 1.29 is 9.84 Å². The van der Waals surface area contributed by atoms with E-state index in [4.69, 9.17) is 15.6 Å². The van der Waals surface area contributed by atoms with Crippen LogP contribution < -0.4 is 5.73 Å². The van der Waals surface area contributed by atoms with E-state index in [1.54, 1.807) is 0 Å². The fourth-order valence-electron chi connectivity index (χ4n) is 1.75. The second kappa shape index (κ2) is 5.01. The SMILES string of the molecule is CC1CN(C(N)=NC(C)(C)C)CC(CO)O1. The van der Waals surface area contributed by atoms with Crippen molar-refractivity contribution in [1.29, 1.82) is 0 Å². The lowest BCUT2D eigenvalue weighted by Gasteiger charge is -2.37. The molecule has 5 heteroatoms. The predicted molar refractivity (Wildman–Crippen MR) is 64.4 cm³/mol. The average Bonchev–Trinajstić information content (AvgIpc) is 2.14. The van der Waals surface area contributed by atoms with E-state index in [1.807, 2.05) is 32.6 Å². The van der Waals surface area contributed by atoms with E-state index in [9.17, 15) is 0 Å². The Morgan fingerprint density at radius 2 is 2.12 bits per heavy atom. The van der Waals surface area contributed by atoms with Crippen molar-refractivity contribution in [1.82, 2.24) is 4.90 Å². The Morgan fingerprint density at radius 1 is 1.50 bits per heavy atom. The Balaban J connectivity index is 2.69. The number of hydrogen-bond donors (Lipinski definition) is 2. The highest BCUT2D eigenvalue weighted by Gasteiger charge is 2.26. The maximum absolute atomic E-state index is 9.11. The maximum Gasteiger partial charge on any atom is 0.191 e. The molecule has 2 unspecified atom stereocenters. The Hall–Kier alpha value is -0.810. The summed E-state index contributed by atoms with van der Waals surface area (Å²) >= 11 is 0. The molecule has 3 N–H and O–H groups in total. The number of morpholine rings is 1. The molecule has 0 amide bonds. The Labute approximate surface area is 97.3 Å². The van der Waals surface area contributed by atoms with Crippen molar-refractivity contribution in [2.45, 2.75) is 45.4 Å². The first-order valence-corrected chi connectivity index (χ1v) is 5.68. The standard InChI is InChI=1S/C11H23N3O2/c1-8-5-14(6-9(7-15)16-8)10(12)13-11(2,3)4/h8-9,15H,5-7H2,1-4H3,(H2,12,13). The van der Waals surface area contributed by atoms with E-state index >= 15 is 0 Å². The Bertz CT molecular complexity index is 260. The highest BCUT2D eigenvalue weighted by atomic mass is 16.5. The van der Waals surface area contributed by atoms with Gasteiger partial charge in [0.15, 0.2) is 5.96 Å². The number of aliphatic imine (C=N–C) groups is 1. The average molecular weight is 229 g/mol. The molecule has 0 aromatic rings. The van der Waals surface area contributed by atoms with Crippen molar-refractivity contribution in [3.63, 3.8) is 0 Å². The first-order valence-electron chi connectivity index (χ1n) is 5.68. The van der Waals surface area contributed by atoms with Crippen LogP contribution >= 0.6 is 0 Å². The lowest BCUT2D eigenvalue weighted by molar-refractivity contribution is -0.0788. The molecule has 1 fully saturated rings. The van der Waals surface area contributed by atoms with Crippen LogP contribution in [0.25, 0.3) is 0 Å². The molecule has 0 radical (unpaired) electrons. The minimum Gasteiger partial charge on any atom is -0.394 e. The summed E-state index contributed by atoms with van der Waals surface area (Å²) in [4.78, 5) is 6.39. The zero-order valence-corrected chi connectivity index (χ0v) is 10.6. The third-order valence-electron chi connectivity index (χ3n) is 2.30. The minimum atomic E-state index is -0.180. The number of aliphatic hydroxyl groups is 1. The van der Waals surface area contributed by atoms with Crippen molar-refractivity contribution in [2.75, 3.05) is 19.7 Å². The van der Waals surface area contributed by atoms with Gasteiger partial charge in [-0.25, -0.2) is 4.99 Å². The highest BCUT2D eigenvalue weighted by Crippen LogP contribution is 2.12. The van der Waals surface area contributed by atoms with E-state index in [0.29, 0.717) is 12.5 Å². The van der Waals surface area contributed by atoms with Crippen molar-refractivity contribution in [3.05, 3.63) is 0 Å². The van der Waals surface area contributed by atoms with Crippen LogP contribution in [0.15, 0.2) is 4.99 Å². The topological polar surface area (TPSA) is 71.1 Å². The highest BCUT2D eigenvalue weighted by molar-refractivity contribution is 5.78. The van der Waals surface area contributed by atoms with Gasteiger partial charge in [0.05, 0.1) is 24.4 Å². The molecule has 1 saturated heterocycles. The summed E-state index contributed by atoms with van der Waals surface area (Å²) in [5, 5.41) is 9.11. The molecule has 5 nitrogen and oxygen atoms in total. The molecule has 1 aliphatic rings. The molecule has 0 saturated carbocycles. The number of ether oxygens (including phenoxy) is 1. The van der Waals surface area contributed by atoms with Crippen LogP contribution in [-0.4, -0.2) is 53.4 Å². The summed E-state index contributed by atoms with van der Waals surface area (Å²) in [5.41, 5.74) is 5.77. The molecule has 16 heavy (non-hydrogen) atoms. The third kappa shape index (κ3) is 3.98. The maximum atomic E-state index is 9.11. The van der Waals surface area contributed by atoms with Crippen molar-refractivity contribution in [3.8, 4) is 0 Å². The number of nitrogens with zero attached hydrogens (tertiary/aromatic N) is 2. The van der Waals surface area contributed by atoms with Gasteiger partial charge in [0.2, 0.25) is 0 Å². The molecule has 0 bridgehead atoms. The predicted octanol–water partition coefficient (Wildman–Crippen LogP) is 0.181. The van der Waals surface area contributed by atoms with E-state index in [2.05, 4.69) is 4.99 Å². The molecule has 0 aromatic carbocycles. The van der Waals surface area contributed by atoms with Crippen LogP contribution in [0.1, 0.15) is 27.7 Å². The summed E-state index contributed by atoms with van der Waals surface area (Å²) in [6.45, 7) is 9.34. The lowest BCUT2D eigenvalue weighted by atomic mass is 10.1. The smallest absolute Gasteiger partial charge is 0.191 e. The van der Waals surface area contributed by atoms with Gasteiger partial charge >= 0.3 is 0 Å². The normalized spacial score (nSPS) is 28.3. The summed E-state index contributed by atoms with van der Waals surface area (Å²) in [7, 11) is 0. The van der Waals surface area contributed by atoms with E-state index in [-0.39, 0.29) is 24.4 Å². The molecule has 1 rings (SSSR count). The summed E-state index contributed by atoms with van der Waals surface area (Å²) < 4.78 is 5.54. The molecule has 94 valence electrons. The molecular weight excluding hydrogens is 206 g/mol. The van der Waals surface area contributed by atoms with E-state index < -0.39 is 0 Å². The van der Waals surface area contributed by atoms with Crippen LogP contribution in [-0.2, 0) is 4.74 Å². The van der Waals surface area contributed by atoms with E-state index in [0.717, 1.165) is 6.54 Å². The van der Waals surface area contributed by atoms with Gasteiger partial charge in [0.25, 0.3) is 0 Å². The lowest BCUT2D eigenvalue weighted by Crippen LogP contribution is -2.53. The van der Waals surface area contributed by atoms with Gasteiger partial charge < -0.3 is 20.5 Å². The van der Waals surface area contributed by atoms with Crippen LogP contribution in [0.5, 0.6) is 0 Å². The van der Waals surface area contributed by atoms with Gasteiger partial charge in [-0.1, -0.05) is 0 Å². The number of guanidine groups is 1. The fraction of sp³-hybridized carbons (Fsp3) is 0.909. The first kappa shape index (κ1) is 13.3. The third-order valence-corrected chi connectivity index (χ3v) is 2.30. The summed E-state index contributed by atoms with van der Waals surface area (Å²) in [6.07, 6.45) is -0.0999. The minimum absolute atomic E-state index is 0.0175. The largest absolute Gasteiger partial charge is 0.394 e. The monoisotopic (exact) mass is 229 g/mol. The Morgan fingerprint density at radius 3 is 2.62 bits per heavy atom. The molecule has 2 atom stereocenters. The second-order valence-electron chi connectivity index (χ2n) is 5.30. The van der Waals surface area contributed by atoms with Crippen molar-refractivity contribution in [2.24, 2.45) is 10.7 Å². The van der Waals surface area contributed by atoms with Gasteiger partial charge in [0.1, 0.15) is 0 Å². The van der Waals surface area contributed by atoms with Gasteiger partial charge in [0, 0.05) is 13.1 Å². The Kier molecular flexibility index (Phi) is 4.15. The van der Waals surface area contributed by atoms with Crippen molar-refractivity contribution >= 4 is 5.96 Å². The zero-order valence-electron chi connectivity index (χ0n) is 10.6. The molecule has 0 aromatic heterocycles. The number of nitrogens with two attached hydrogens (primary N) is 1. The molecule has 0 spiro atoms. The first-order chi connectivity index (χ1) is 7.31. The summed E-state index contributed by atoms with van der Waals surface area (Å²) in [5.74, 6) is 0.529. The van der Waals surface area contributed by atoms with Crippen LogP contribution in [0, 0.1) is 0 Å². The van der Waals surface area contributed by atoms with Gasteiger partial charge in [-0.2, -0.15) is 0 Å². The van der Waals surface area contributed by atoms with Crippen LogP contribution in [0.4, 0.5) is 0 Å². The molecule has 1 heterocycles. The molecule has 0 aliphatic carbocycles. The van der Waals surface area contributed by atoms with Gasteiger partial charge in [-0.05, 0) is 27.7 Å². The zero-order chi connectivity index (χ0) is 12.3. The van der Waals surface area contributed by atoms with Crippen LogP contribution in [0.3, 0.4) is 0 Å². The summed E-state index contributed by atoms with van der Waals surface area (Å²) in [6, 6.07) is 0. The van der Waals surface area contributed by atoms with Gasteiger partial charge in [-0.3, -0.25) is 0 Å². The number of rotatable bonds is 1. The number of hydrogen-bond acceptors (Lipinski definition) is 3. The molecular formula is C11H23N3O2. The van der Waals surface area contributed by atoms with Crippen LogP contribution in [0.2, 0.25) is 0 Å². The van der Waals surface area contributed by atoms with E-state index in [1.165, 1.54) is 0 Å². The second-order valence-corrected chi connectivity index (χ2v) is 5.30. The quantitative estimate of drug-likeness (QED) is 0.497. The molecule has 1 aliphatic heterocycles.